The Kier molecular flexibility index (Phi) is 3.01. The van der Waals surface area contributed by atoms with Gasteiger partial charge in [-0.05, 0) is 36.5 Å². The zero-order chi connectivity index (χ0) is 12.4. The van der Waals surface area contributed by atoms with Gasteiger partial charge in [-0.3, -0.25) is 0 Å². The Hall–Kier alpha value is -1.83. The second-order valence-electron chi connectivity index (χ2n) is 4.28. The fourth-order valence-electron chi connectivity index (χ4n) is 2.02. The van der Waals surface area contributed by atoms with Gasteiger partial charge in [-0.15, -0.1) is 11.5 Å². The summed E-state index contributed by atoms with van der Waals surface area (Å²) in [6.07, 6.45) is 12.4. The van der Waals surface area contributed by atoms with E-state index in [0.29, 0.717) is 0 Å². The van der Waals surface area contributed by atoms with Crippen molar-refractivity contribution in [1.29, 1.82) is 0 Å². The van der Waals surface area contributed by atoms with Crippen molar-refractivity contribution in [3.05, 3.63) is 88.4 Å². The largest absolute Gasteiger partial charge is 0.112 e. The molecule has 0 radical (unpaired) electrons. The smallest absolute Gasteiger partial charge is 0.0271 e. The molecule has 0 atom stereocenters. The molecule has 1 heteroatoms. The highest BCUT2D eigenvalue weighted by Crippen LogP contribution is 2.53. The molecule has 0 fully saturated rings. The molecule has 1 aromatic rings. The SMILES string of the molecule is Cc1ccc(P(C2=C=CC=C2)C2=C=CC=C2)cc1. The molecular weight excluding hydrogens is 235 g/mol. The second kappa shape index (κ2) is 4.81. The van der Waals surface area contributed by atoms with Crippen molar-refractivity contribution < 1.29 is 0 Å². The molecule has 2 aliphatic carbocycles. The van der Waals surface area contributed by atoms with E-state index < -0.39 is 7.92 Å². The van der Waals surface area contributed by atoms with Gasteiger partial charge in [-0.1, -0.05) is 42.0 Å². The van der Waals surface area contributed by atoms with Gasteiger partial charge in [0.2, 0.25) is 0 Å². The van der Waals surface area contributed by atoms with Crippen LogP contribution in [0.2, 0.25) is 0 Å². The Morgan fingerprint density at radius 3 is 1.83 bits per heavy atom. The van der Waals surface area contributed by atoms with Gasteiger partial charge in [-0.2, -0.15) is 0 Å². The van der Waals surface area contributed by atoms with Crippen LogP contribution < -0.4 is 5.30 Å². The second-order valence-corrected chi connectivity index (χ2v) is 6.43. The molecular formula is C17H13P. The van der Waals surface area contributed by atoms with E-state index in [1.807, 2.05) is 12.2 Å². The monoisotopic (exact) mass is 248 g/mol. The quantitative estimate of drug-likeness (QED) is 0.552. The molecule has 0 unspecified atom stereocenters. The Bertz CT molecular complexity index is 618. The van der Waals surface area contributed by atoms with Gasteiger partial charge < -0.3 is 0 Å². The van der Waals surface area contributed by atoms with Crippen molar-refractivity contribution in [1.82, 2.24) is 0 Å². The minimum absolute atomic E-state index is 0.495. The van der Waals surface area contributed by atoms with Gasteiger partial charge in [0.15, 0.2) is 0 Å². The van der Waals surface area contributed by atoms with Crippen LogP contribution in [0.3, 0.4) is 0 Å². The predicted molar refractivity (Wildman–Crippen MR) is 79.2 cm³/mol. The van der Waals surface area contributed by atoms with Gasteiger partial charge in [-0.25, -0.2) is 0 Å². The third kappa shape index (κ3) is 2.10. The third-order valence-electron chi connectivity index (χ3n) is 2.94. The predicted octanol–water partition coefficient (Wildman–Crippen LogP) is 4.32. The maximum Gasteiger partial charge on any atom is 0.0271 e. The summed E-state index contributed by atoms with van der Waals surface area (Å²) in [5, 5.41) is 3.91. The lowest BCUT2D eigenvalue weighted by molar-refractivity contribution is 1.49. The third-order valence-corrected chi connectivity index (χ3v) is 5.27. The molecule has 0 saturated heterocycles. The first-order valence-electron chi connectivity index (χ1n) is 5.98. The van der Waals surface area contributed by atoms with Crippen LogP contribution in [0.4, 0.5) is 0 Å². The first kappa shape index (κ1) is 11.3. The van der Waals surface area contributed by atoms with Crippen LogP contribution in [0.25, 0.3) is 0 Å². The van der Waals surface area contributed by atoms with E-state index in [-0.39, 0.29) is 0 Å². The first-order valence-corrected chi connectivity index (χ1v) is 7.32. The van der Waals surface area contributed by atoms with Crippen LogP contribution in [0.1, 0.15) is 5.56 Å². The van der Waals surface area contributed by atoms with Gasteiger partial charge in [0.25, 0.3) is 0 Å². The number of hydrogen-bond acceptors (Lipinski definition) is 0. The number of allylic oxidation sites excluding steroid dienone is 6. The fraction of sp³-hybridized carbons (Fsp3) is 0.0588. The van der Waals surface area contributed by atoms with E-state index in [1.165, 1.54) is 21.5 Å². The molecule has 2 aliphatic rings. The molecule has 0 N–H and O–H groups in total. The van der Waals surface area contributed by atoms with E-state index in [2.05, 4.69) is 67.0 Å². The van der Waals surface area contributed by atoms with Crippen LogP contribution in [-0.4, -0.2) is 0 Å². The zero-order valence-corrected chi connectivity index (χ0v) is 11.1. The maximum absolute atomic E-state index is 3.35. The summed E-state index contributed by atoms with van der Waals surface area (Å²) < 4.78 is 0. The highest BCUT2D eigenvalue weighted by molar-refractivity contribution is 7.74. The van der Waals surface area contributed by atoms with Crippen molar-refractivity contribution in [2.45, 2.75) is 6.92 Å². The normalized spacial score (nSPS) is 15.7. The molecule has 0 heterocycles. The molecule has 0 aromatic heterocycles. The summed E-state index contributed by atoms with van der Waals surface area (Å²) in [5.41, 5.74) is 7.99. The summed E-state index contributed by atoms with van der Waals surface area (Å²) in [5.74, 6) is 0. The van der Waals surface area contributed by atoms with Crippen LogP contribution in [-0.2, 0) is 0 Å². The molecule has 0 amide bonds. The number of aryl methyl sites for hydroxylation is 1. The summed E-state index contributed by atoms with van der Waals surface area (Å²) in [6, 6.07) is 8.80. The van der Waals surface area contributed by atoms with Crippen LogP contribution in [0, 0.1) is 6.92 Å². The zero-order valence-electron chi connectivity index (χ0n) is 10.2. The fourth-order valence-corrected chi connectivity index (χ4v) is 4.16. The van der Waals surface area contributed by atoms with Crippen molar-refractivity contribution in [3.63, 3.8) is 0 Å². The van der Waals surface area contributed by atoms with Crippen molar-refractivity contribution >= 4 is 13.2 Å². The molecule has 0 saturated carbocycles. The van der Waals surface area contributed by atoms with Crippen molar-refractivity contribution in [2.75, 3.05) is 0 Å². The van der Waals surface area contributed by atoms with Crippen LogP contribution in [0.15, 0.2) is 82.8 Å². The summed E-state index contributed by atoms with van der Waals surface area (Å²) in [7, 11) is -0.495. The minimum Gasteiger partial charge on any atom is -0.112 e. The molecule has 1 aromatic carbocycles. The lowest BCUT2D eigenvalue weighted by Crippen LogP contribution is -2.01. The van der Waals surface area contributed by atoms with E-state index >= 15 is 0 Å². The summed E-state index contributed by atoms with van der Waals surface area (Å²) in [6.45, 7) is 2.12. The molecule has 0 bridgehead atoms. The number of benzene rings is 1. The minimum atomic E-state index is -0.495. The van der Waals surface area contributed by atoms with Gasteiger partial charge in [0, 0.05) is 18.5 Å². The van der Waals surface area contributed by atoms with E-state index in [1.54, 1.807) is 0 Å². The highest BCUT2D eigenvalue weighted by Gasteiger charge is 2.19. The average Bonchev–Trinajstić information content (AvgIpc) is 3.06. The van der Waals surface area contributed by atoms with E-state index in [0.717, 1.165) is 0 Å². The Morgan fingerprint density at radius 2 is 1.39 bits per heavy atom. The molecule has 0 nitrogen and oxygen atoms in total. The topological polar surface area (TPSA) is 0 Å². The summed E-state index contributed by atoms with van der Waals surface area (Å²) in [4.78, 5) is 0. The standard InChI is InChI=1S/C17H13P/c1-14-10-12-17(13-11-14)18(15-6-2-3-7-15)16-8-4-5-9-16/h2-6,8,10-13H,1H3. The van der Waals surface area contributed by atoms with Crippen molar-refractivity contribution in [3.8, 4) is 0 Å². The van der Waals surface area contributed by atoms with Gasteiger partial charge >= 0.3 is 0 Å². The Morgan fingerprint density at radius 1 is 0.833 bits per heavy atom. The van der Waals surface area contributed by atoms with E-state index in [9.17, 15) is 0 Å². The number of rotatable bonds is 3. The lowest BCUT2D eigenvalue weighted by atomic mass is 10.2. The maximum atomic E-state index is 3.35. The molecule has 0 aliphatic heterocycles. The average molecular weight is 248 g/mol. The van der Waals surface area contributed by atoms with E-state index in [4.69, 9.17) is 0 Å². The van der Waals surface area contributed by atoms with Gasteiger partial charge in [0.1, 0.15) is 0 Å². The molecule has 18 heavy (non-hydrogen) atoms. The molecule has 0 spiro atoms. The molecule has 3 rings (SSSR count). The Balaban J connectivity index is 2.08. The van der Waals surface area contributed by atoms with Gasteiger partial charge in [0.05, 0.1) is 0 Å². The lowest BCUT2D eigenvalue weighted by Gasteiger charge is -2.17. The van der Waals surface area contributed by atoms with Crippen LogP contribution in [0.5, 0.6) is 0 Å². The molecule has 86 valence electrons. The van der Waals surface area contributed by atoms with Crippen molar-refractivity contribution in [2.24, 2.45) is 0 Å². The summed E-state index contributed by atoms with van der Waals surface area (Å²) >= 11 is 0. The highest BCUT2D eigenvalue weighted by atomic mass is 31.1. The van der Waals surface area contributed by atoms with Crippen LogP contribution >= 0.6 is 7.92 Å². The number of hydrogen-bond donors (Lipinski definition) is 0. The first-order chi connectivity index (χ1) is 8.84. The Labute approximate surface area is 109 Å².